The van der Waals surface area contributed by atoms with Crippen molar-refractivity contribution in [2.45, 2.75) is 37.8 Å². The van der Waals surface area contributed by atoms with E-state index in [2.05, 4.69) is 10.6 Å². The molecular weight excluding hydrogens is 446 g/mol. The van der Waals surface area contributed by atoms with Gasteiger partial charge in [0.15, 0.2) is 5.76 Å². The highest BCUT2D eigenvalue weighted by molar-refractivity contribution is 6.04. The summed E-state index contributed by atoms with van der Waals surface area (Å²) in [7, 11) is 1.56. The molecule has 1 saturated carbocycles. The lowest BCUT2D eigenvalue weighted by molar-refractivity contribution is -0.126. The Balaban J connectivity index is 1.66. The van der Waals surface area contributed by atoms with E-state index in [1.807, 2.05) is 30.3 Å². The van der Waals surface area contributed by atoms with Crippen LogP contribution in [-0.2, 0) is 9.59 Å². The number of ether oxygens (including phenoxy) is 1. The maximum atomic E-state index is 13.6. The Kier molecular flexibility index (Phi) is 7.82. The molecule has 4 rings (SSSR count). The molecule has 1 heterocycles. The van der Waals surface area contributed by atoms with Gasteiger partial charge in [0.1, 0.15) is 11.8 Å². The van der Waals surface area contributed by atoms with Crippen molar-refractivity contribution in [3.8, 4) is 5.75 Å². The SMILES string of the molecule is COc1ccc(N(C(=O)CNC(=O)c2ccco2)[C@@H](C(=O)NC2CCCC2)c2ccccc2)cc1. The largest absolute Gasteiger partial charge is 0.497 e. The number of hydrogen-bond donors (Lipinski definition) is 2. The second-order valence-electron chi connectivity index (χ2n) is 8.42. The Morgan fingerprint density at radius 2 is 1.71 bits per heavy atom. The van der Waals surface area contributed by atoms with Crippen LogP contribution in [0.5, 0.6) is 5.75 Å². The molecule has 0 aliphatic heterocycles. The van der Waals surface area contributed by atoms with Crippen LogP contribution in [0.3, 0.4) is 0 Å². The molecule has 1 aromatic heterocycles. The maximum Gasteiger partial charge on any atom is 0.287 e. The summed E-state index contributed by atoms with van der Waals surface area (Å²) in [6.45, 7) is -0.314. The summed E-state index contributed by atoms with van der Waals surface area (Å²) in [6.07, 6.45) is 5.37. The van der Waals surface area contributed by atoms with Crippen LogP contribution in [-0.4, -0.2) is 37.4 Å². The minimum Gasteiger partial charge on any atom is -0.497 e. The summed E-state index contributed by atoms with van der Waals surface area (Å²) in [5.41, 5.74) is 1.18. The number of amides is 3. The number of rotatable bonds is 9. The van der Waals surface area contributed by atoms with Gasteiger partial charge in [-0.25, -0.2) is 0 Å². The zero-order chi connectivity index (χ0) is 24.6. The molecule has 182 valence electrons. The van der Waals surface area contributed by atoms with E-state index in [9.17, 15) is 14.4 Å². The van der Waals surface area contributed by atoms with Gasteiger partial charge in [-0.05, 0) is 54.8 Å². The number of carbonyl (C=O) groups is 3. The normalized spacial score (nSPS) is 14.2. The number of benzene rings is 2. The zero-order valence-electron chi connectivity index (χ0n) is 19.6. The average Bonchev–Trinajstić information content (AvgIpc) is 3.61. The fourth-order valence-electron chi connectivity index (χ4n) is 4.32. The van der Waals surface area contributed by atoms with Gasteiger partial charge in [0.25, 0.3) is 5.91 Å². The van der Waals surface area contributed by atoms with Crippen molar-refractivity contribution in [2.75, 3.05) is 18.6 Å². The van der Waals surface area contributed by atoms with Crippen LogP contribution in [0.25, 0.3) is 0 Å². The smallest absolute Gasteiger partial charge is 0.287 e. The number of furan rings is 1. The van der Waals surface area contributed by atoms with E-state index in [0.717, 1.165) is 25.7 Å². The summed E-state index contributed by atoms with van der Waals surface area (Å²) >= 11 is 0. The van der Waals surface area contributed by atoms with Crippen LogP contribution in [0.2, 0.25) is 0 Å². The van der Waals surface area contributed by atoms with Gasteiger partial charge in [0.2, 0.25) is 11.8 Å². The summed E-state index contributed by atoms with van der Waals surface area (Å²) in [5, 5.41) is 5.73. The third kappa shape index (κ3) is 5.90. The number of carbonyl (C=O) groups excluding carboxylic acids is 3. The minimum absolute atomic E-state index is 0.0835. The van der Waals surface area contributed by atoms with Crippen LogP contribution >= 0.6 is 0 Å². The number of nitrogens with zero attached hydrogens (tertiary/aromatic N) is 1. The van der Waals surface area contributed by atoms with Gasteiger partial charge in [-0.15, -0.1) is 0 Å². The van der Waals surface area contributed by atoms with Crippen molar-refractivity contribution in [1.82, 2.24) is 10.6 Å². The number of nitrogens with one attached hydrogen (secondary N) is 2. The summed E-state index contributed by atoms with van der Waals surface area (Å²) in [6, 6.07) is 18.4. The number of methoxy groups -OCH3 is 1. The molecule has 35 heavy (non-hydrogen) atoms. The first-order valence-electron chi connectivity index (χ1n) is 11.7. The highest BCUT2D eigenvalue weighted by Gasteiger charge is 2.34. The molecule has 1 atom stereocenters. The molecule has 0 saturated heterocycles. The molecule has 8 nitrogen and oxygen atoms in total. The first kappa shape index (κ1) is 24.1. The van der Waals surface area contributed by atoms with E-state index >= 15 is 0 Å². The van der Waals surface area contributed by atoms with Crippen LogP contribution in [0, 0.1) is 0 Å². The Hall–Kier alpha value is -4.07. The molecule has 0 spiro atoms. The highest BCUT2D eigenvalue weighted by atomic mass is 16.5. The Bertz CT molecular complexity index is 1120. The molecule has 1 aliphatic carbocycles. The van der Waals surface area contributed by atoms with E-state index in [-0.39, 0.29) is 24.3 Å². The predicted molar refractivity (Wildman–Crippen MR) is 131 cm³/mol. The summed E-state index contributed by atoms with van der Waals surface area (Å²) < 4.78 is 10.4. The van der Waals surface area contributed by atoms with Gasteiger partial charge in [-0.2, -0.15) is 0 Å². The third-order valence-electron chi connectivity index (χ3n) is 6.09. The van der Waals surface area contributed by atoms with Crippen molar-refractivity contribution in [3.05, 3.63) is 84.3 Å². The summed E-state index contributed by atoms with van der Waals surface area (Å²) in [5.74, 6) is -0.480. The van der Waals surface area contributed by atoms with Gasteiger partial charge in [-0.1, -0.05) is 43.2 Å². The van der Waals surface area contributed by atoms with Crippen LogP contribution in [0.4, 0.5) is 5.69 Å². The molecule has 0 radical (unpaired) electrons. The van der Waals surface area contributed by atoms with Crippen LogP contribution in [0.1, 0.15) is 47.8 Å². The molecule has 8 heteroatoms. The molecule has 0 unspecified atom stereocenters. The van der Waals surface area contributed by atoms with E-state index in [4.69, 9.17) is 9.15 Å². The molecular formula is C27H29N3O5. The van der Waals surface area contributed by atoms with Crippen molar-refractivity contribution >= 4 is 23.4 Å². The van der Waals surface area contributed by atoms with Gasteiger partial charge in [0.05, 0.1) is 19.9 Å². The number of hydrogen-bond acceptors (Lipinski definition) is 5. The lowest BCUT2D eigenvalue weighted by Gasteiger charge is -2.32. The second-order valence-corrected chi connectivity index (χ2v) is 8.42. The van der Waals surface area contributed by atoms with E-state index in [1.165, 1.54) is 17.2 Å². The van der Waals surface area contributed by atoms with Gasteiger partial charge < -0.3 is 19.8 Å². The van der Waals surface area contributed by atoms with Crippen LogP contribution < -0.4 is 20.3 Å². The zero-order valence-corrected chi connectivity index (χ0v) is 19.6. The van der Waals surface area contributed by atoms with Crippen molar-refractivity contribution in [1.29, 1.82) is 0 Å². The molecule has 1 aliphatic rings. The Morgan fingerprint density at radius 3 is 2.34 bits per heavy atom. The molecule has 2 N–H and O–H groups in total. The first-order valence-corrected chi connectivity index (χ1v) is 11.7. The summed E-state index contributed by atoms with van der Waals surface area (Å²) in [4.78, 5) is 41.1. The highest BCUT2D eigenvalue weighted by Crippen LogP contribution is 2.30. The van der Waals surface area contributed by atoms with Gasteiger partial charge in [-0.3, -0.25) is 19.3 Å². The second kappa shape index (κ2) is 11.4. The number of anilines is 1. The van der Waals surface area contributed by atoms with Crippen molar-refractivity contribution < 1.29 is 23.5 Å². The Labute approximate surface area is 204 Å². The standard InChI is InChI=1S/C27H29N3O5/c1-34-22-15-13-21(14-16-22)30(24(31)18-28-26(32)23-12-7-17-35-23)25(19-8-3-2-4-9-19)27(33)29-20-10-5-6-11-20/h2-4,7-9,12-17,20,25H,5-6,10-11,18H2,1H3,(H,28,32)(H,29,33)/t25-/m1/s1. The lowest BCUT2D eigenvalue weighted by Crippen LogP contribution is -2.49. The van der Waals surface area contributed by atoms with Crippen molar-refractivity contribution in [2.24, 2.45) is 0 Å². The van der Waals surface area contributed by atoms with Crippen molar-refractivity contribution in [3.63, 3.8) is 0 Å². The van der Waals surface area contributed by atoms with Gasteiger partial charge in [0, 0.05) is 11.7 Å². The van der Waals surface area contributed by atoms with E-state index < -0.39 is 17.9 Å². The minimum atomic E-state index is -0.918. The van der Waals surface area contributed by atoms with Crippen LogP contribution in [0.15, 0.2) is 77.4 Å². The monoisotopic (exact) mass is 475 g/mol. The fourth-order valence-corrected chi connectivity index (χ4v) is 4.32. The lowest BCUT2D eigenvalue weighted by atomic mass is 10.0. The quantitative estimate of drug-likeness (QED) is 0.490. The Morgan fingerprint density at radius 1 is 1.00 bits per heavy atom. The van der Waals surface area contributed by atoms with E-state index in [0.29, 0.717) is 17.0 Å². The molecule has 0 bridgehead atoms. The molecule has 1 fully saturated rings. The predicted octanol–water partition coefficient (Wildman–Crippen LogP) is 3.85. The fraction of sp³-hybridized carbons (Fsp3) is 0.296. The first-order chi connectivity index (χ1) is 17.1. The average molecular weight is 476 g/mol. The topological polar surface area (TPSA) is 101 Å². The molecule has 3 amide bonds. The molecule has 3 aromatic rings. The van der Waals surface area contributed by atoms with Gasteiger partial charge >= 0.3 is 0 Å². The van der Waals surface area contributed by atoms with E-state index in [1.54, 1.807) is 37.4 Å². The third-order valence-corrected chi connectivity index (χ3v) is 6.09. The molecule has 2 aromatic carbocycles. The maximum absolute atomic E-state index is 13.6.